The molecule has 0 aromatic carbocycles. The van der Waals surface area contributed by atoms with Crippen LogP contribution in [0.1, 0.15) is 38.1 Å². The zero-order valence-corrected chi connectivity index (χ0v) is 14.8. The molecule has 4 nitrogen and oxygen atoms in total. The van der Waals surface area contributed by atoms with Gasteiger partial charge in [-0.1, -0.05) is 27.7 Å². The van der Waals surface area contributed by atoms with Gasteiger partial charge < -0.3 is 5.32 Å². The van der Waals surface area contributed by atoms with Crippen LogP contribution in [0.25, 0.3) is 0 Å². The third-order valence-electron chi connectivity index (χ3n) is 3.88. The average molecular weight is 319 g/mol. The zero-order valence-electron chi connectivity index (χ0n) is 13.2. The lowest BCUT2D eigenvalue weighted by atomic mass is 9.81. The van der Waals surface area contributed by atoms with Gasteiger partial charge in [0.25, 0.3) is 0 Å². The Labute approximate surface area is 127 Å². The van der Waals surface area contributed by atoms with E-state index in [4.69, 9.17) is 0 Å². The molecule has 0 saturated carbocycles. The highest BCUT2D eigenvalue weighted by Crippen LogP contribution is 2.28. The van der Waals surface area contributed by atoms with Gasteiger partial charge in [-0.15, -0.1) is 11.3 Å². The van der Waals surface area contributed by atoms with Crippen molar-refractivity contribution in [2.75, 3.05) is 13.6 Å². The lowest BCUT2D eigenvalue weighted by molar-refractivity contribution is 0.252. The summed E-state index contributed by atoms with van der Waals surface area (Å²) in [7, 11) is -1.55. The Morgan fingerprint density at radius 3 is 2.45 bits per heavy atom. The van der Waals surface area contributed by atoms with E-state index in [1.54, 1.807) is 6.07 Å². The molecule has 0 fully saturated rings. The van der Waals surface area contributed by atoms with Crippen LogP contribution in [-0.2, 0) is 16.6 Å². The van der Waals surface area contributed by atoms with E-state index < -0.39 is 10.0 Å². The molecular weight excluding hydrogens is 292 g/mol. The zero-order chi connectivity index (χ0) is 15.6. The van der Waals surface area contributed by atoms with Gasteiger partial charge in [0.1, 0.15) is 4.21 Å². The molecule has 1 aromatic rings. The Kier molecular flexibility index (Phi) is 5.78. The molecule has 0 radical (unpaired) electrons. The van der Waals surface area contributed by atoms with Crippen molar-refractivity contribution in [2.24, 2.45) is 11.3 Å². The second-order valence-electron chi connectivity index (χ2n) is 6.17. The van der Waals surface area contributed by atoms with Crippen LogP contribution in [-0.4, -0.2) is 22.0 Å². The average Bonchev–Trinajstić information content (AvgIpc) is 2.70. The largest absolute Gasteiger partial charge is 0.315 e. The summed E-state index contributed by atoms with van der Waals surface area (Å²) in [6.07, 6.45) is 0. The minimum atomic E-state index is -3.41. The van der Waals surface area contributed by atoms with Crippen molar-refractivity contribution in [3.8, 4) is 0 Å². The predicted octanol–water partition coefficient (Wildman–Crippen LogP) is 2.74. The maximum atomic E-state index is 12.4. The van der Waals surface area contributed by atoms with Gasteiger partial charge in [0.2, 0.25) is 10.0 Å². The SMILES string of the molecule is CNCc1sc(S(=O)(=O)NCC(C)(C)C(C)C)cc1C. The molecule has 0 amide bonds. The maximum absolute atomic E-state index is 12.4. The molecule has 0 unspecified atom stereocenters. The molecule has 0 atom stereocenters. The number of hydrogen-bond donors (Lipinski definition) is 2. The Balaban J connectivity index is 2.87. The first-order chi connectivity index (χ1) is 9.10. The summed E-state index contributed by atoms with van der Waals surface area (Å²) in [5.41, 5.74) is 0.959. The first-order valence-corrected chi connectivity index (χ1v) is 9.13. The molecule has 6 heteroatoms. The molecule has 0 bridgehead atoms. The number of nitrogens with one attached hydrogen (secondary N) is 2. The number of sulfonamides is 1. The van der Waals surface area contributed by atoms with E-state index in [2.05, 4.69) is 37.7 Å². The van der Waals surface area contributed by atoms with Gasteiger partial charge in [0, 0.05) is 18.0 Å². The van der Waals surface area contributed by atoms with Crippen LogP contribution in [0.3, 0.4) is 0 Å². The Hall–Kier alpha value is -0.430. The third-order valence-corrected chi connectivity index (χ3v) is 6.99. The normalized spacial score (nSPS) is 13.2. The van der Waals surface area contributed by atoms with Gasteiger partial charge in [-0.05, 0) is 36.9 Å². The predicted molar refractivity (Wildman–Crippen MR) is 85.6 cm³/mol. The van der Waals surface area contributed by atoms with Crippen LogP contribution in [0.4, 0.5) is 0 Å². The van der Waals surface area contributed by atoms with Crippen molar-refractivity contribution in [2.45, 2.75) is 45.4 Å². The summed E-state index contributed by atoms with van der Waals surface area (Å²) in [5.74, 6) is 0.412. The number of hydrogen-bond acceptors (Lipinski definition) is 4. The van der Waals surface area contributed by atoms with Crippen molar-refractivity contribution >= 4 is 21.4 Å². The van der Waals surface area contributed by atoms with Crippen LogP contribution in [0, 0.1) is 18.3 Å². The molecule has 0 aliphatic carbocycles. The lowest BCUT2D eigenvalue weighted by Crippen LogP contribution is -2.36. The quantitative estimate of drug-likeness (QED) is 0.813. The molecular formula is C14H26N2O2S2. The highest BCUT2D eigenvalue weighted by atomic mass is 32.2. The topological polar surface area (TPSA) is 58.2 Å². The second kappa shape index (κ2) is 6.56. The van der Waals surface area contributed by atoms with Gasteiger partial charge in [-0.2, -0.15) is 0 Å². The number of thiophene rings is 1. The van der Waals surface area contributed by atoms with Crippen LogP contribution >= 0.6 is 11.3 Å². The fourth-order valence-corrected chi connectivity index (χ4v) is 4.38. The Bertz CT molecular complexity index is 546. The van der Waals surface area contributed by atoms with Crippen LogP contribution in [0.15, 0.2) is 10.3 Å². The summed E-state index contributed by atoms with van der Waals surface area (Å²) in [6.45, 7) is 11.5. The molecule has 0 aliphatic rings. The molecule has 0 aliphatic heterocycles. The second-order valence-corrected chi connectivity index (χ2v) is 9.30. The summed E-state index contributed by atoms with van der Waals surface area (Å²) in [6, 6.07) is 1.75. The van der Waals surface area contributed by atoms with E-state index in [1.165, 1.54) is 11.3 Å². The molecule has 0 saturated heterocycles. The van der Waals surface area contributed by atoms with Crippen LogP contribution in [0.2, 0.25) is 0 Å². The molecule has 20 heavy (non-hydrogen) atoms. The van der Waals surface area contributed by atoms with Crippen molar-refractivity contribution in [3.63, 3.8) is 0 Å². The first-order valence-electron chi connectivity index (χ1n) is 6.83. The van der Waals surface area contributed by atoms with E-state index in [0.29, 0.717) is 23.2 Å². The van der Waals surface area contributed by atoms with Gasteiger partial charge in [-0.3, -0.25) is 0 Å². The Morgan fingerprint density at radius 1 is 1.35 bits per heavy atom. The van der Waals surface area contributed by atoms with Crippen molar-refractivity contribution in [1.29, 1.82) is 0 Å². The van der Waals surface area contributed by atoms with Gasteiger partial charge in [0.05, 0.1) is 0 Å². The molecule has 1 heterocycles. The first kappa shape index (κ1) is 17.6. The minimum Gasteiger partial charge on any atom is -0.315 e. The van der Waals surface area contributed by atoms with Crippen LogP contribution < -0.4 is 10.0 Å². The number of rotatable bonds is 7. The molecule has 0 spiro atoms. The molecule has 2 N–H and O–H groups in total. The highest BCUT2D eigenvalue weighted by molar-refractivity contribution is 7.91. The lowest BCUT2D eigenvalue weighted by Gasteiger charge is -2.29. The van der Waals surface area contributed by atoms with E-state index in [9.17, 15) is 8.42 Å². The van der Waals surface area contributed by atoms with Crippen molar-refractivity contribution < 1.29 is 8.42 Å². The fraction of sp³-hybridized carbons (Fsp3) is 0.714. The van der Waals surface area contributed by atoms with Crippen molar-refractivity contribution in [3.05, 3.63) is 16.5 Å². The summed E-state index contributed by atoms with van der Waals surface area (Å²) < 4.78 is 27.8. The monoisotopic (exact) mass is 318 g/mol. The van der Waals surface area contributed by atoms with Gasteiger partial charge in [-0.25, -0.2) is 13.1 Å². The standard InChI is InChI=1S/C14H26N2O2S2/c1-10(2)14(4,5)9-16-20(17,18)13-7-11(3)12(19-13)8-15-6/h7,10,15-16H,8-9H2,1-6H3. The van der Waals surface area contributed by atoms with Gasteiger partial charge in [0.15, 0.2) is 0 Å². The van der Waals surface area contributed by atoms with E-state index >= 15 is 0 Å². The summed E-state index contributed by atoms with van der Waals surface area (Å²) >= 11 is 1.34. The molecule has 1 rings (SSSR count). The summed E-state index contributed by atoms with van der Waals surface area (Å²) in [4.78, 5) is 1.07. The number of aryl methyl sites for hydroxylation is 1. The van der Waals surface area contributed by atoms with Crippen molar-refractivity contribution in [1.82, 2.24) is 10.0 Å². The van der Waals surface area contributed by atoms with E-state index in [1.807, 2.05) is 14.0 Å². The molecule has 116 valence electrons. The highest BCUT2D eigenvalue weighted by Gasteiger charge is 2.26. The van der Waals surface area contributed by atoms with Crippen LogP contribution in [0.5, 0.6) is 0 Å². The van der Waals surface area contributed by atoms with E-state index in [0.717, 1.165) is 10.4 Å². The third kappa shape index (κ3) is 4.28. The summed E-state index contributed by atoms with van der Waals surface area (Å²) in [5, 5.41) is 3.06. The Morgan fingerprint density at radius 2 is 1.95 bits per heavy atom. The van der Waals surface area contributed by atoms with Gasteiger partial charge >= 0.3 is 0 Å². The fourth-order valence-electron chi connectivity index (χ4n) is 1.51. The smallest absolute Gasteiger partial charge is 0.250 e. The maximum Gasteiger partial charge on any atom is 0.250 e. The van der Waals surface area contributed by atoms with E-state index in [-0.39, 0.29) is 5.41 Å². The minimum absolute atomic E-state index is 0.0623. The molecule has 1 aromatic heterocycles.